The van der Waals surface area contributed by atoms with E-state index in [9.17, 15) is 0 Å². The van der Waals surface area contributed by atoms with E-state index in [1.807, 2.05) is 14.0 Å². The minimum Gasteiger partial charge on any atom is -0.497 e. The third kappa shape index (κ3) is 17.2. The Morgan fingerprint density at radius 2 is 1.74 bits per heavy atom. The fourth-order valence-corrected chi connectivity index (χ4v) is 1.31. The van der Waals surface area contributed by atoms with Gasteiger partial charge in [0.15, 0.2) is 0 Å². The van der Waals surface area contributed by atoms with Crippen LogP contribution in [0.4, 0.5) is 0 Å². The fraction of sp³-hybridized carbons (Fsp3) is 0.765. The molecule has 0 amide bonds. The molecule has 0 radical (unpaired) electrons. The molecule has 0 heterocycles. The molecule has 0 spiro atoms. The van der Waals surface area contributed by atoms with Crippen LogP contribution < -0.4 is 5.32 Å². The van der Waals surface area contributed by atoms with Crippen molar-refractivity contribution in [3.63, 3.8) is 0 Å². The fourth-order valence-electron chi connectivity index (χ4n) is 1.31. The maximum Gasteiger partial charge on any atom is 0.114 e. The number of hydrogen-bond acceptors (Lipinski definition) is 2. The van der Waals surface area contributed by atoms with Crippen molar-refractivity contribution < 1.29 is 4.74 Å². The Morgan fingerprint density at radius 1 is 1.26 bits per heavy atom. The molecule has 0 aromatic carbocycles. The Kier molecular flexibility index (Phi) is 24.1. The SMILES string of the molecule is C=C(OC)/C(=C\C)C(C)CC.CCC.CCCNC. The van der Waals surface area contributed by atoms with Crippen LogP contribution in [0.15, 0.2) is 24.0 Å². The second-order valence-electron chi connectivity index (χ2n) is 4.49. The molecule has 0 saturated carbocycles. The second kappa shape index (κ2) is 19.6. The minimum absolute atomic E-state index is 0.549. The van der Waals surface area contributed by atoms with Crippen LogP contribution >= 0.6 is 0 Å². The van der Waals surface area contributed by atoms with Gasteiger partial charge < -0.3 is 10.1 Å². The lowest BCUT2D eigenvalue weighted by Crippen LogP contribution is -2.04. The summed E-state index contributed by atoms with van der Waals surface area (Å²) in [7, 11) is 3.62. The van der Waals surface area contributed by atoms with E-state index < -0.39 is 0 Å². The van der Waals surface area contributed by atoms with Crippen LogP contribution in [0.1, 0.15) is 60.8 Å². The maximum atomic E-state index is 5.06. The minimum atomic E-state index is 0.549. The molecule has 0 fully saturated rings. The highest BCUT2D eigenvalue weighted by atomic mass is 16.5. The van der Waals surface area contributed by atoms with Gasteiger partial charge in [0.2, 0.25) is 0 Å². The Labute approximate surface area is 122 Å². The molecule has 19 heavy (non-hydrogen) atoms. The summed E-state index contributed by atoms with van der Waals surface area (Å²) in [4.78, 5) is 0. The van der Waals surface area contributed by atoms with E-state index >= 15 is 0 Å². The summed E-state index contributed by atoms with van der Waals surface area (Å²) < 4.78 is 5.06. The number of nitrogens with one attached hydrogen (secondary N) is 1. The van der Waals surface area contributed by atoms with Gasteiger partial charge >= 0.3 is 0 Å². The summed E-state index contributed by atoms with van der Waals surface area (Å²) in [5.41, 5.74) is 1.22. The predicted octanol–water partition coefficient (Wildman–Crippen LogP) is 5.17. The van der Waals surface area contributed by atoms with Gasteiger partial charge in [0.25, 0.3) is 0 Å². The lowest BCUT2D eigenvalue weighted by molar-refractivity contribution is 0.294. The van der Waals surface area contributed by atoms with E-state index in [4.69, 9.17) is 4.74 Å². The Bertz CT molecular complexity index is 207. The molecule has 1 atom stereocenters. The smallest absolute Gasteiger partial charge is 0.114 e. The highest BCUT2D eigenvalue weighted by molar-refractivity contribution is 5.24. The molecule has 1 N–H and O–H groups in total. The van der Waals surface area contributed by atoms with Crippen molar-refractivity contribution in [2.45, 2.75) is 60.8 Å². The molecule has 0 rings (SSSR count). The van der Waals surface area contributed by atoms with E-state index in [0.717, 1.165) is 18.7 Å². The van der Waals surface area contributed by atoms with Gasteiger partial charge in [-0.15, -0.1) is 0 Å². The number of ether oxygens (including phenoxy) is 1. The zero-order valence-corrected chi connectivity index (χ0v) is 14.6. The summed E-state index contributed by atoms with van der Waals surface area (Å²) in [6.07, 6.45) is 5.68. The first kappa shape index (κ1) is 23.3. The van der Waals surface area contributed by atoms with Crippen LogP contribution in [0.5, 0.6) is 0 Å². The van der Waals surface area contributed by atoms with Crippen LogP contribution in [0.25, 0.3) is 0 Å². The zero-order valence-electron chi connectivity index (χ0n) is 14.6. The predicted molar refractivity (Wildman–Crippen MR) is 89.5 cm³/mol. The molecular weight excluding hydrogens is 234 g/mol. The van der Waals surface area contributed by atoms with Crippen molar-refractivity contribution in [1.82, 2.24) is 5.32 Å². The number of methoxy groups -OCH3 is 1. The van der Waals surface area contributed by atoms with Gasteiger partial charge in [0.05, 0.1) is 7.11 Å². The first-order valence-corrected chi connectivity index (χ1v) is 7.54. The quantitative estimate of drug-likeness (QED) is 0.531. The van der Waals surface area contributed by atoms with Crippen molar-refractivity contribution in [3.05, 3.63) is 24.0 Å². The first-order valence-electron chi connectivity index (χ1n) is 7.54. The standard InChI is InChI=1S/C10H18O.C4H11N.C3H8/c1-6-8(3)10(7-2)9(4)11-5;1-3-4-5-2;1-3-2/h7-8H,4,6H2,1-3,5H3;5H,3-4H2,1-2H3;3H2,1-2H3/b10-7-;;. The molecule has 0 aromatic rings. The molecule has 2 heteroatoms. The molecule has 0 bridgehead atoms. The summed E-state index contributed by atoms with van der Waals surface area (Å²) in [5.74, 6) is 1.34. The summed E-state index contributed by atoms with van der Waals surface area (Å²) in [6.45, 7) is 17.7. The lowest BCUT2D eigenvalue weighted by Gasteiger charge is -2.14. The molecule has 1 unspecified atom stereocenters. The molecular formula is C17H37NO. The second-order valence-corrected chi connectivity index (χ2v) is 4.49. The molecule has 0 aliphatic carbocycles. The van der Waals surface area contributed by atoms with E-state index in [0.29, 0.717) is 5.92 Å². The molecule has 0 aliphatic heterocycles. The zero-order chi connectivity index (χ0) is 15.7. The van der Waals surface area contributed by atoms with Crippen LogP contribution in [0.3, 0.4) is 0 Å². The van der Waals surface area contributed by atoms with E-state index in [2.05, 4.69) is 52.6 Å². The van der Waals surface area contributed by atoms with E-state index in [1.54, 1.807) is 7.11 Å². The van der Waals surface area contributed by atoms with Gasteiger partial charge in [-0.05, 0) is 44.8 Å². The van der Waals surface area contributed by atoms with Gasteiger partial charge in [-0.2, -0.15) is 0 Å². The number of allylic oxidation sites excluding steroid dienone is 2. The first-order chi connectivity index (χ1) is 9.00. The Hall–Kier alpha value is -0.760. The van der Waals surface area contributed by atoms with Crippen molar-refractivity contribution in [1.29, 1.82) is 0 Å². The normalized spacial score (nSPS) is 11.5. The van der Waals surface area contributed by atoms with Crippen molar-refractivity contribution in [3.8, 4) is 0 Å². The lowest BCUT2D eigenvalue weighted by atomic mass is 9.97. The molecule has 0 saturated heterocycles. The van der Waals surface area contributed by atoms with Crippen LogP contribution in [0, 0.1) is 5.92 Å². The molecule has 0 aromatic heterocycles. The van der Waals surface area contributed by atoms with Gasteiger partial charge in [0.1, 0.15) is 5.76 Å². The summed E-state index contributed by atoms with van der Waals surface area (Å²) in [5, 5.41) is 3.02. The van der Waals surface area contributed by atoms with Gasteiger partial charge in [-0.25, -0.2) is 0 Å². The van der Waals surface area contributed by atoms with Gasteiger partial charge in [-0.3, -0.25) is 0 Å². The van der Waals surface area contributed by atoms with Crippen LogP contribution in [0.2, 0.25) is 0 Å². The average molecular weight is 271 g/mol. The van der Waals surface area contributed by atoms with Crippen molar-refractivity contribution in [2.75, 3.05) is 20.7 Å². The van der Waals surface area contributed by atoms with Gasteiger partial charge in [0, 0.05) is 0 Å². The average Bonchev–Trinajstić information content (AvgIpc) is 2.41. The Morgan fingerprint density at radius 3 is 1.89 bits per heavy atom. The largest absolute Gasteiger partial charge is 0.497 e. The van der Waals surface area contributed by atoms with Crippen LogP contribution in [-0.4, -0.2) is 20.7 Å². The van der Waals surface area contributed by atoms with Crippen LogP contribution in [-0.2, 0) is 4.74 Å². The van der Waals surface area contributed by atoms with E-state index in [-0.39, 0.29) is 0 Å². The third-order valence-electron chi connectivity index (χ3n) is 2.52. The Balaban J connectivity index is -0.000000266. The number of rotatable bonds is 6. The molecule has 116 valence electrons. The summed E-state index contributed by atoms with van der Waals surface area (Å²) in [6, 6.07) is 0. The van der Waals surface area contributed by atoms with Gasteiger partial charge in [-0.1, -0.05) is 53.7 Å². The molecule has 2 nitrogen and oxygen atoms in total. The highest BCUT2D eigenvalue weighted by Crippen LogP contribution is 2.20. The molecule has 0 aliphatic rings. The van der Waals surface area contributed by atoms with Crippen molar-refractivity contribution >= 4 is 0 Å². The van der Waals surface area contributed by atoms with E-state index in [1.165, 1.54) is 18.4 Å². The number of hydrogen-bond donors (Lipinski definition) is 1. The maximum absolute atomic E-state index is 5.06. The topological polar surface area (TPSA) is 21.3 Å². The monoisotopic (exact) mass is 271 g/mol. The highest BCUT2D eigenvalue weighted by Gasteiger charge is 2.08. The third-order valence-corrected chi connectivity index (χ3v) is 2.52. The van der Waals surface area contributed by atoms with Crippen molar-refractivity contribution in [2.24, 2.45) is 5.92 Å². The summed E-state index contributed by atoms with van der Waals surface area (Å²) >= 11 is 0.